The number of aliphatic hydroxyl groups is 1. The van der Waals surface area contributed by atoms with Gasteiger partial charge in [-0.05, 0) is 12.5 Å². The van der Waals surface area contributed by atoms with Crippen molar-refractivity contribution in [1.29, 1.82) is 0 Å². The van der Waals surface area contributed by atoms with E-state index in [1.165, 1.54) is 6.07 Å². The number of aromatic hydroxyl groups is 2. The summed E-state index contributed by atoms with van der Waals surface area (Å²) >= 11 is 0. The molecule has 1 atom stereocenters. The molecule has 0 aliphatic heterocycles. The molecular formula is C11H17NO3. The van der Waals surface area contributed by atoms with Crippen molar-refractivity contribution in [1.82, 2.24) is 5.32 Å². The molecule has 1 aromatic carbocycles. The van der Waals surface area contributed by atoms with E-state index >= 15 is 0 Å². The average Bonchev–Trinajstić information content (AvgIpc) is 2.25. The summed E-state index contributed by atoms with van der Waals surface area (Å²) in [6, 6.07) is 4.85. The minimum absolute atomic E-state index is 0.0201. The van der Waals surface area contributed by atoms with Gasteiger partial charge in [-0.15, -0.1) is 0 Å². The summed E-state index contributed by atoms with van der Waals surface area (Å²) in [6.45, 7) is 2.46. The first-order chi connectivity index (χ1) is 7.19. The Labute approximate surface area is 89.2 Å². The predicted molar refractivity (Wildman–Crippen MR) is 57.8 cm³/mol. The monoisotopic (exact) mass is 211 g/mol. The van der Waals surface area contributed by atoms with E-state index in [0.717, 1.165) is 6.42 Å². The fraction of sp³-hybridized carbons (Fsp3) is 0.455. The number of benzene rings is 1. The summed E-state index contributed by atoms with van der Waals surface area (Å²) in [7, 11) is 0. The summed E-state index contributed by atoms with van der Waals surface area (Å²) in [5.74, 6) is -0.218. The number of nitrogens with one attached hydrogen (secondary N) is 1. The highest BCUT2D eigenvalue weighted by molar-refractivity contribution is 5.44. The number of para-hydroxylation sites is 1. The molecule has 0 aliphatic carbocycles. The molecule has 0 saturated heterocycles. The van der Waals surface area contributed by atoms with Gasteiger partial charge >= 0.3 is 0 Å². The van der Waals surface area contributed by atoms with E-state index in [4.69, 9.17) is 5.11 Å². The van der Waals surface area contributed by atoms with Crippen LogP contribution in [0.3, 0.4) is 0 Å². The molecule has 1 rings (SSSR count). The van der Waals surface area contributed by atoms with Crippen molar-refractivity contribution < 1.29 is 15.3 Å². The average molecular weight is 211 g/mol. The molecule has 4 heteroatoms. The molecule has 0 aromatic heterocycles. The second kappa shape index (κ2) is 5.58. The highest BCUT2D eigenvalue weighted by Crippen LogP contribution is 2.27. The van der Waals surface area contributed by atoms with Crippen molar-refractivity contribution in [2.24, 2.45) is 0 Å². The van der Waals surface area contributed by atoms with Crippen molar-refractivity contribution >= 4 is 0 Å². The van der Waals surface area contributed by atoms with Crippen molar-refractivity contribution in [3.8, 4) is 11.5 Å². The van der Waals surface area contributed by atoms with E-state index in [1.54, 1.807) is 12.1 Å². The summed E-state index contributed by atoms with van der Waals surface area (Å²) in [4.78, 5) is 0. The fourth-order valence-corrected chi connectivity index (χ4v) is 1.31. The van der Waals surface area contributed by atoms with Gasteiger partial charge in [0.2, 0.25) is 0 Å². The normalized spacial score (nSPS) is 12.7. The molecule has 0 saturated carbocycles. The third-order valence-electron chi connectivity index (χ3n) is 2.39. The van der Waals surface area contributed by atoms with Gasteiger partial charge in [0.15, 0.2) is 11.5 Å². The van der Waals surface area contributed by atoms with Crippen LogP contribution in [-0.4, -0.2) is 28.0 Å². The summed E-state index contributed by atoms with van der Waals surface area (Å²) < 4.78 is 0. The summed E-state index contributed by atoms with van der Waals surface area (Å²) in [5.41, 5.74) is 0.627. The van der Waals surface area contributed by atoms with Crippen LogP contribution < -0.4 is 5.32 Å². The maximum atomic E-state index is 9.50. The van der Waals surface area contributed by atoms with E-state index < -0.39 is 0 Å². The molecule has 1 unspecified atom stereocenters. The first-order valence-electron chi connectivity index (χ1n) is 5.03. The SMILES string of the molecule is CCC(CO)NCc1cccc(O)c1O. The number of hydrogen-bond acceptors (Lipinski definition) is 4. The summed E-state index contributed by atoms with van der Waals surface area (Å²) in [6.07, 6.45) is 0.816. The Kier molecular flexibility index (Phi) is 4.39. The molecule has 0 spiro atoms. The largest absolute Gasteiger partial charge is 0.504 e. The van der Waals surface area contributed by atoms with E-state index in [1.807, 2.05) is 6.92 Å². The van der Waals surface area contributed by atoms with Crippen molar-refractivity contribution in [2.45, 2.75) is 25.9 Å². The highest BCUT2D eigenvalue weighted by atomic mass is 16.3. The van der Waals surface area contributed by atoms with Crippen molar-refractivity contribution in [3.63, 3.8) is 0 Å². The molecule has 0 fully saturated rings. The van der Waals surface area contributed by atoms with Crippen molar-refractivity contribution in [2.75, 3.05) is 6.61 Å². The molecule has 0 aliphatic rings. The summed E-state index contributed by atoms with van der Waals surface area (Å²) in [5, 5.41) is 30.8. The zero-order valence-electron chi connectivity index (χ0n) is 8.77. The maximum Gasteiger partial charge on any atom is 0.161 e. The number of hydrogen-bond donors (Lipinski definition) is 4. The quantitative estimate of drug-likeness (QED) is 0.547. The van der Waals surface area contributed by atoms with Gasteiger partial charge in [0, 0.05) is 18.2 Å². The Morgan fingerprint density at radius 3 is 2.67 bits per heavy atom. The van der Waals surface area contributed by atoms with E-state index in [0.29, 0.717) is 12.1 Å². The molecule has 4 N–H and O–H groups in total. The van der Waals surface area contributed by atoms with Crippen LogP contribution in [0.4, 0.5) is 0 Å². The lowest BCUT2D eigenvalue weighted by molar-refractivity contribution is 0.238. The van der Waals surface area contributed by atoms with E-state index in [9.17, 15) is 10.2 Å². The topological polar surface area (TPSA) is 72.7 Å². The first-order valence-corrected chi connectivity index (χ1v) is 5.03. The first kappa shape index (κ1) is 11.8. The lowest BCUT2D eigenvalue weighted by Crippen LogP contribution is -2.31. The molecule has 15 heavy (non-hydrogen) atoms. The van der Waals surface area contributed by atoms with Gasteiger partial charge in [0.25, 0.3) is 0 Å². The van der Waals surface area contributed by atoms with Gasteiger partial charge in [-0.25, -0.2) is 0 Å². The molecule has 1 aromatic rings. The van der Waals surface area contributed by atoms with Crippen LogP contribution in [0.2, 0.25) is 0 Å². The molecule has 0 heterocycles. The minimum Gasteiger partial charge on any atom is -0.504 e. The molecule has 4 nitrogen and oxygen atoms in total. The molecular weight excluding hydrogens is 194 g/mol. The minimum atomic E-state index is -0.119. The fourth-order valence-electron chi connectivity index (χ4n) is 1.31. The van der Waals surface area contributed by atoms with Crippen LogP contribution in [0.5, 0.6) is 11.5 Å². The van der Waals surface area contributed by atoms with Gasteiger partial charge in [0.1, 0.15) is 0 Å². The van der Waals surface area contributed by atoms with Crippen LogP contribution in [-0.2, 0) is 6.54 Å². The highest BCUT2D eigenvalue weighted by Gasteiger charge is 2.08. The number of aliphatic hydroxyl groups excluding tert-OH is 1. The zero-order chi connectivity index (χ0) is 11.3. The smallest absolute Gasteiger partial charge is 0.161 e. The Morgan fingerprint density at radius 1 is 1.33 bits per heavy atom. The number of phenolic OH excluding ortho intramolecular Hbond substituents is 2. The Hall–Kier alpha value is -1.26. The maximum absolute atomic E-state index is 9.50. The standard InChI is InChI=1S/C11H17NO3/c1-2-9(7-13)12-6-8-4-3-5-10(14)11(8)15/h3-5,9,12-15H,2,6-7H2,1H3. The van der Waals surface area contributed by atoms with Crippen LogP contribution in [0.25, 0.3) is 0 Å². The van der Waals surface area contributed by atoms with Gasteiger partial charge in [-0.1, -0.05) is 19.1 Å². The number of rotatable bonds is 5. The van der Waals surface area contributed by atoms with Crippen LogP contribution in [0.15, 0.2) is 18.2 Å². The zero-order valence-corrected chi connectivity index (χ0v) is 8.77. The van der Waals surface area contributed by atoms with Crippen LogP contribution in [0.1, 0.15) is 18.9 Å². The Bertz CT molecular complexity index is 311. The van der Waals surface area contributed by atoms with Gasteiger partial charge in [-0.3, -0.25) is 0 Å². The number of phenols is 2. The third-order valence-corrected chi connectivity index (χ3v) is 2.39. The second-order valence-corrected chi connectivity index (χ2v) is 3.45. The van der Waals surface area contributed by atoms with Crippen molar-refractivity contribution in [3.05, 3.63) is 23.8 Å². The predicted octanol–water partition coefficient (Wildman–Crippen LogP) is 0.958. The second-order valence-electron chi connectivity index (χ2n) is 3.45. The molecule has 0 bridgehead atoms. The Balaban J connectivity index is 2.61. The lowest BCUT2D eigenvalue weighted by atomic mass is 10.1. The lowest BCUT2D eigenvalue weighted by Gasteiger charge is -2.14. The van der Waals surface area contributed by atoms with Gasteiger partial charge in [-0.2, -0.15) is 0 Å². The van der Waals surface area contributed by atoms with Gasteiger partial charge in [0.05, 0.1) is 6.61 Å². The van der Waals surface area contributed by atoms with Gasteiger partial charge < -0.3 is 20.6 Å². The molecule has 0 radical (unpaired) electrons. The van der Waals surface area contributed by atoms with Crippen LogP contribution in [0, 0.1) is 0 Å². The molecule has 0 amide bonds. The van der Waals surface area contributed by atoms with Crippen LogP contribution >= 0.6 is 0 Å². The molecule has 84 valence electrons. The van der Waals surface area contributed by atoms with E-state index in [-0.39, 0.29) is 24.1 Å². The third kappa shape index (κ3) is 3.11. The van der Waals surface area contributed by atoms with E-state index in [2.05, 4.69) is 5.32 Å². The Morgan fingerprint density at radius 2 is 2.07 bits per heavy atom.